The first-order valence-electron chi connectivity index (χ1n) is 10.5. The van der Waals surface area contributed by atoms with Crippen molar-refractivity contribution in [3.05, 3.63) is 29.0 Å². The summed E-state index contributed by atoms with van der Waals surface area (Å²) in [6, 6.07) is 0. The maximum atomic E-state index is 12.0. The summed E-state index contributed by atoms with van der Waals surface area (Å²) in [6.45, 7) is 9.46. The minimum absolute atomic E-state index is 0.310. The van der Waals surface area contributed by atoms with Crippen molar-refractivity contribution in [2.24, 2.45) is 34.5 Å². The van der Waals surface area contributed by atoms with Gasteiger partial charge in [-0.05, 0) is 98.5 Å². The minimum Gasteiger partial charge on any atom is -0.299 e. The van der Waals surface area contributed by atoms with Crippen LogP contribution >= 0.6 is 0 Å². The van der Waals surface area contributed by atoms with E-state index in [1.165, 1.54) is 43.3 Å². The molecule has 0 amide bonds. The molecule has 4 aliphatic carbocycles. The third-order valence-electron chi connectivity index (χ3n) is 8.83. The van der Waals surface area contributed by atoms with Crippen LogP contribution in [-0.4, -0.2) is 5.78 Å². The van der Waals surface area contributed by atoms with E-state index in [1.54, 1.807) is 0 Å². The van der Waals surface area contributed by atoms with Gasteiger partial charge in [-0.3, -0.25) is 4.79 Å². The Morgan fingerprint density at radius 3 is 2.76 bits per heavy atom. The predicted octanol–water partition coefficient (Wildman–Crippen LogP) is 6.26. The molecule has 0 saturated heterocycles. The first-order valence-corrected chi connectivity index (χ1v) is 10.5. The zero-order valence-electron chi connectivity index (χ0n) is 16.5. The van der Waals surface area contributed by atoms with Crippen molar-refractivity contribution in [2.75, 3.05) is 0 Å². The molecule has 0 aliphatic heterocycles. The number of fused-ring (bicyclic) bond motifs is 5. The largest absolute Gasteiger partial charge is 0.299 e. The van der Waals surface area contributed by atoms with Crippen LogP contribution in [0.1, 0.15) is 79.1 Å². The molecular weight excluding hydrogens is 304 g/mol. The van der Waals surface area contributed by atoms with Gasteiger partial charge in [-0.15, -0.1) is 5.73 Å². The Bertz CT molecular complexity index is 676. The van der Waals surface area contributed by atoms with Crippen LogP contribution in [-0.2, 0) is 4.79 Å². The van der Waals surface area contributed by atoms with E-state index in [9.17, 15) is 4.79 Å². The molecule has 25 heavy (non-hydrogen) atoms. The lowest BCUT2D eigenvalue weighted by Crippen LogP contribution is -2.50. The van der Waals surface area contributed by atoms with Gasteiger partial charge in [0.25, 0.3) is 0 Å². The van der Waals surface area contributed by atoms with Crippen LogP contribution in [0.3, 0.4) is 0 Å². The summed E-state index contributed by atoms with van der Waals surface area (Å²) in [5.41, 5.74) is 7.27. The van der Waals surface area contributed by atoms with Gasteiger partial charge in [-0.25, -0.2) is 0 Å². The highest BCUT2D eigenvalue weighted by atomic mass is 16.1. The second kappa shape index (κ2) is 5.98. The molecule has 0 aromatic rings. The number of carbonyl (C=O) groups excluding carboxylic acids is 1. The molecule has 3 fully saturated rings. The SMILES string of the molecule is CC=C=C(C)[C@H]1CCC2C3CC=C4CC(=O)CC[C@]4(C)C3CC[C@@]21C. The fraction of sp³-hybridized carbons (Fsp3) is 0.750. The van der Waals surface area contributed by atoms with E-state index < -0.39 is 0 Å². The fourth-order valence-electron chi connectivity index (χ4n) is 7.52. The average molecular weight is 339 g/mol. The Balaban J connectivity index is 1.66. The van der Waals surface area contributed by atoms with Crippen molar-refractivity contribution in [1.82, 2.24) is 0 Å². The molecule has 0 bridgehead atoms. The second-order valence-electron chi connectivity index (χ2n) is 9.77. The van der Waals surface area contributed by atoms with Crippen LogP contribution in [0, 0.1) is 34.5 Å². The van der Waals surface area contributed by atoms with E-state index in [0.29, 0.717) is 16.6 Å². The summed E-state index contributed by atoms with van der Waals surface area (Å²) in [6.07, 6.45) is 13.9. The lowest BCUT2D eigenvalue weighted by Gasteiger charge is -2.57. The normalized spacial score (nSPS) is 45.6. The number of hydrogen-bond acceptors (Lipinski definition) is 1. The summed E-state index contributed by atoms with van der Waals surface area (Å²) in [5.74, 6) is 3.70. The van der Waals surface area contributed by atoms with Gasteiger partial charge in [0.15, 0.2) is 0 Å². The molecule has 0 heterocycles. The number of carbonyl (C=O) groups is 1. The van der Waals surface area contributed by atoms with Crippen molar-refractivity contribution in [3.63, 3.8) is 0 Å². The van der Waals surface area contributed by atoms with Crippen LogP contribution in [0.5, 0.6) is 0 Å². The number of hydrogen-bond donors (Lipinski definition) is 0. The van der Waals surface area contributed by atoms with Crippen LogP contribution in [0.2, 0.25) is 0 Å². The Morgan fingerprint density at radius 1 is 1.20 bits per heavy atom. The van der Waals surface area contributed by atoms with Gasteiger partial charge in [0.05, 0.1) is 0 Å². The van der Waals surface area contributed by atoms with Crippen LogP contribution < -0.4 is 0 Å². The minimum atomic E-state index is 0.310. The third kappa shape index (κ3) is 2.46. The summed E-state index contributed by atoms with van der Waals surface area (Å²) in [7, 11) is 0. The van der Waals surface area contributed by atoms with Gasteiger partial charge in [-0.2, -0.15) is 0 Å². The van der Waals surface area contributed by atoms with Crippen molar-refractivity contribution in [1.29, 1.82) is 0 Å². The monoisotopic (exact) mass is 338 g/mol. The van der Waals surface area contributed by atoms with Gasteiger partial charge in [0, 0.05) is 12.8 Å². The lowest BCUT2D eigenvalue weighted by atomic mass is 9.47. The number of allylic oxidation sites excluding steroid dienone is 3. The van der Waals surface area contributed by atoms with Crippen LogP contribution in [0.4, 0.5) is 0 Å². The zero-order valence-corrected chi connectivity index (χ0v) is 16.5. The van der Waals surface area contributed by atoms with Crippen molar-refractivity contribution >= 4 is 5.78 Å². The van der Waals surface area contributed by atoms with Gasteiger partial charge >= 0.3 is 0 Å². The van der Waals surface area contributed by atoms with E-state index in [4.69, 9.17) is 0 Å². The number of ketones is 1. The van der Waals surface area contributed by atoms with Gasteiger partial charge in [0.1, 0.15) is 5.78 Å². The molecule has 4 rings (SSSR count). The van der Waals surface area contributed by atoms with Crippen LogP contribution in [0.25, 0.3) is 0 Å². The van der Waals surface area contributed by atoms with Crippen molar-refractivity contribution in [2.45, 2.75) is 79.1 Å². The molecule has 6 atom stereocenters. The van der Waals surface area contributed by atoms with Crippen molar-refractivity contribution < 1.29 is 4.79 Å². The molecule has 4 aliphatic rings. The molecule has 3 unspecified atom stereocenters. The summed E-state index contributed by atoms with van der Waals surface area (Å²) < 4.78 is 0. The van der Waals surface area contributed by atoms with E-state index >= 15 is 0 Å². The molecular formula is C24H34O. The van der Waals surface area contributed by atoms with Gasteiger partial charge in [0.2, 0.25) is 0 Å². The Hall–Kier alpha value is -1.07. The smallest absolute Gasteiger partial charge is 0.136 e. The maximum Gasteiger partial charge on any atom is 0.136 e. The van der Waals surface area contributed by atoms with Crippen molar-refractivity contribution in [3.8, 4) is 0 Å². The number of Topliss-reactive ketones (excluding diaryl/α,β-unsaturated/α-hetero) is 1. The van der Waals surface area contributed by atoms with Gasteiger partial charge in [-0.1, -0.05) is 25.5 Å². The predicted molar refractivity (Wildman–Crippen MR) is 103 cm³/mol. The zero-order chi connectivity index (χ0) is 17.8. The molecule has 0 aromatic carbocycles. The summed E-state index contributed by atoms with van der Waals surface area (Å²) in [5, 5.41) is 0. The van der Waals surface area contributed by atoms with Crippen LogP contribution in [0.15, 0.2) is 29.0 Å². The number of rotatable bonds is 1. The van der Waals surface area contributed by atoms with E-state index in [1.807, 2.05) is 0 Å². The fourth-order valence-corrected chi connectivity index (χ4v) is 7.52. The Kier molecular flexibility index (Phi) is 4.15. The molecule has 3 saturated carbocycles. The first kappa shape index (κ1) is 17.3. The van der Waals surface area contributed by atoms with E-state index in [2.05, 4.69) is 45.6 Å². The quantitative estimate of drug-likeness (QED) is 0.407. The summed E-state index contributed by atoms with van der Waals surface area (Å²) in [4.78, 5) is 12.0. The van der Waals surface area contributed by atoms with E-state index in [0.717, 1.165) is 42.9 Å². The maximum absolute atomic E-state index is 12.0. The van der Waals surface area contributed by atoms with E-state index in [-0.39, 0.29) is 0 Å². The molecule has 0 N–H and O–H groups in total. The topological polar surface area (TPSA) is 17.1 Å². The molecule has 1 heteroatoms. The Labute approximate surface area is 153 Å². The molecule has 1 nitrogen and oxygen atoms in total. The second-order valence-corrected chi connectivity index (χ2v) is 9.77. The van der Waals surface area contributed by atoms with Gasteiger partial charge < -0.3 is 0 Å². The lowest BCUT2D eigenvalue weighted by molar-refractivity contribution is -0.122. The molecule has 0 radical (unpaired) electrons. The average Bonchev–Trinajstić information content (AvgIpc) is 2.93. The highest BCUT2D eigenvalue weighted by Crippen LogP contribution is 2.66. The molecule has 0 aromatic heterocycles. The highest BCUT2D eigenvalue weighted by molar-refractivity contribution is 5.82. The Morgan fingerprint density at radius 2 is 2.00 bits per heavy atom. The first-order chi connectivity index (χ1) is 11.9. The third-order valence-corrected chi connectivity index (χ3v) is 8.83. The highest BCUT2D eigenvalue weighted by Gasteiger charge is 2.58. The standard InChI is InChI=1S/C24H34O/c1-5-6-16(2)20-9-10-21-19-8-7-17-15-18(25)11-13-23(17,3)22(19)12-14-24(20,21)4/h5,7,19-22H,8-15H2,1-4H3/t6?,19?,20-,21?,22?,23+,24-/m1/s1. The summed E-state index contributed by atoms with van der Waals surface area (Å²) >= 11 is 0. The molecule has 0 spiro atoms. The molecule has 136 valence electrons.